The molecule has 1 aliphatic rings. The average molecular weight is 223 g/mol. The van der Waals surface area contributed by atoms with E-state index in [0.29, 0.717) is 12.5 Å². The molecule has 0 atom stereocenters. The lowest BCUT2D eigenvalue weighted by Crippen LogP contribution is -2.35. The average Bonchev–Trinajstić information content (AvgIpc) is 2.30. The van der Waals surface area contributed by atoms with Crippen molar-refractivity contribution in [1.82, 2.24) is 14.9 Å². The van der Waals surface area contributed by atoms with E-state index in [4.69, 9.17) is 0 Å². The van der Waals surface area contributed by atoms with E-state index in [2.05, 4.69) is 10.3 Å². The van der Waals surface area contributed by atoms with Crippen LogP contribution >= 0.6 is 0 Å². The smallest absolute Gasteiger partial charge is 0.317 e. The summed E-state index contributed by atoms with van der Waals surface area (Å²) in [5, 5.41) is 3.30. The van der Waals surface area contributed by atoms with Crippen LogP contribution in [0.3, 0.4) is 0 Å². The molecule has 16 heavy (non-hydrogen) atoms. The van der Waals surface area contributed by atoms with E-state index in [-0.39, 0.29) is 11.2 Å². The van der Waals surface area contributed by atoms with Crippen LogP contribution in [0, 0.1) is 5.92 Å². The fourth-order valence-corrected chi connectivity index (χ4v) is 2.15. The van der Waals surface area contributed by atoms with E-state index in [1.165, 1.54) is 16.8 Å². The van der Waals surface area contributed by atoms with Gasteiger partial charge in [-0.15, -0.1) is 0 Å². The Kier molecular flexibility index (Phi) is 3.56. The molecular formula is C11H17N3O2. The molecule has 2 rings (SSSR count). The van der Waals surface area contributed by atoms with Crippen LogP contribution in [0.5, 0.6) is 0 Å². The summed E-state index contributed by atoms with van der Waals surface area (Å²) >= 11 is 0. The monoisotopic (exact) mass is 223 g/mol. The van der Waals surface area contributed by atoms with Crippen molar-refractivity contribution >= 4 is 0 Å². The van der Waals surface area contributed by atoms with Gasteiger partial charge in [0.1, 0.15) is 0 Å². The van der Waals surface area contributed by atoms with Gasteiger partial charge in [0.25, 0.3) is 5.56 Å². The number of nitrogens with one attached hydrogen (secondary N) is 2. The highest BCUT2D eigenvalue weighted by Gasteiger charge is 2.13. The van der Waals surface area contributed by atoms with Gasteiger partial charge in [0, 0.05) is 18.8 Å². The first-order valence-corrected chi connectivity index (χ1v) is 5.76. The first-order chi connectivity index (χ1) is 7.77. The molecule has 0 bridgehead atoms. The van der Waals surface area contributed by atoms with E-state index >= 15 is 0 Å². The number of hydrogen-bond donors (Lipinski definition) is 2. The highest BCUT2D eigenvalue weighted by atomic mass is 16.2. The maximum absolute atomic E-state index is 11.4. The van der Waals surface area contributed by atoms with Crippen LogP contribution in [-0.4, -0.2) is 22.6 Å². The lowest BCUT2D eigenvalue weighted by molar-refractivity contribution is 0.334. The standard InChI is InChI=1S/C11H17N3O2/c15-10-3-7-13-11(16)14(10)8-4-9-1-5-12-6-2-9/h3,7,9,12H,1-2,4-6,8H2,(H,13,16). The predicted molar refractivity (Wildman–Crippen MR) is 61.5 cm³/mol. The van der Waals surface area contributed by atoms with Crippen LogP contribution in [0.15, 0.2) is 21.9 Å². The number of H-pyrrole nitrogens is 1. The molecule has 2 N–H and O–H groups in total. The molecule has 2 heterocycles. The molecule has 1 fully saturated rings. The fraction of sp³-hybridized carbons (Fsp3) is 0.636. The summed E-state index contributed by atoms with van der Waals surface area (Å²) < 4.78 is 1.28. The van der Waals surface area contributed by atoms with Crippen LogP contribution in [0.4, 0.5) is 0 Å². The van der Waals surface area contributed by atoms with Crippen molar-refractivity contribution in [3.63, 3.8) is 0 Å². The van der Waals surface area contributed by atoms with Gasteiger partial charge in [-0.25, -0.2) is 4.79 Å². The summed E-state index contributed by atoms with van der Waals surface area (Å²) in [4.78, 5) is 25.4. The van der Waals surface area contributed by atoms with E-state index in [9.17, 15) is 9.59 Å². The SMILES string of the molecule is O=c1cc[nH]c(=O)n1CCC1CCNCC1. The van der Waals surface area contributed by atoms with Gasteiger partial charge in [0.2, 0.25) is 0 Å². The van der Waals surface area contributed by atoms with Gasteiger partial charge in [-0.05, 0) is 38.3 Å². The molecule has 0 aromatic carbocycles. The van der Waals surface area contributed by atoms with Crippen molar-refractivity contribution in [2.45, 2.75) is 25.8 Å². The highest BCUT2D eigenvalue weighted by molar-refractivity contribution is 4.83. The molecule has 1 aromatic heterocycles. The minimum Gasteiger partial charge on any atom is -0.317 e. The van der Waals surface area contributed by atoms with Crippen molar-refractivity contribution in [2.24, 2.45) is 5.92 Å². The largest absolute Gasteiger partial charge is 0.328 e. The second kappa shape index (κ2) is 5.12. The summed E-state index contributed by atoms with van der Waals surface area (Å²) in [5.41, 5.74) is -0.515. The number of aromatic amines is 1. The quantitative estimate of drug-likeness (QED) is 0.753. The second-order valence-corrected chi connectivity index (χ2v) is 4.25. The maximum atomic E-state index is 11.4. The Hall–Kier alpha value is -1.36. The highest BCUT2D eigenvalue weighted by Crippen LogP contribution is 2.15. The Labute approximate surface area is 93.5 Å². The Morgan fingerprint density at radius 2 is 2.06 bits per heavy atom. The van der Waals surface area contributed by atoms with Crippen molar-refractivity contribution < 1.29 is 0 Å². The van der Waals surface area contributed by atoms with Crippen molar-refractivity contribution in [3.05, 3.63) is 33.1 Å². The van der Waals surface area contributed by atoms with Gasteiger partial charge in [0.05, 0.1) is 0 Å². The minimum atomic E-state index is -0.304. The normalized spacial score (nSPS) is 17.5. The predicted octanol–water partition coefficient (Wildman–Crippen LogP) is -0.0737. The van der Waals surface area contributed by atoms with Gasteiger partial charge in [-0.1, -0.05) is 0 Å². The van der Waals surface area contributed by atoms with Gasteiger partial charge in [0.15, 0.2) is 0 Å². The first kappa shape index (κ1) is 11.1. The summed E-state index contributed by atoms with van der Waals surface area (Å²) in [7, 11) is 0. The molecule has 88 valence electrons. The van der Waals surface area contributed by atoms with Crippen molar-refractivity contribution in [1.29, 1.82) is 0 Å². The minimum absolute atomic E-state index is 0.210. The molecule has 1 aromatic rings. The number of hydrogen-bond acceptors (Lipinski definition) is 3. The number of nitrogens with zero attached hydrogens (tertiary/aromatic N) is 1. The van der Waals surface area contributed by atoms with E-state index < -0.39 is 0 Å². The Morgan fingerprint density at radius 3 is 2.75 bits per heavy atom. The zero-order valence-corrected chi connectivity index (χ0v) is 9.24. The molecule has 0 amide bonds. The molecule has 0 unspecified atom stereocenters. The van der Waals surface area contributed by atoms with Crippen molar-refractivity contribution in [2.75, 3.05) is 13.1 Å². The van der Waals surface area contributed by atoms with Crippen LogP contribution < -0.4 is 16.6 Å². The summed E-state index contributed by atoms with van der Waals surface area (Å²) in [6.45, 7) is 2.62. The van der Waals surface area contributed by atoms with E-state index in [1.807, 2.05) is 0 Å². The van der Waals surface area contributed by atoms with Gasteiger partial charge < -0.3 is 10.3 Å². The number of rotatable bonds is 3. The molecule has 1 saturated heterocycles. The third-order valence-electron chi connectivity index (χ3n) is 3.16. The first-order valence-electron chi connectivity index (χ1n) is 5.76. The topological polar surface area (TPSA) is 66.9 Å². The molecule has 0 spiro atoms. The zero-order chi connectivity index (χ0) is 11.4. The van der Waals surface area contributed by atoms with Gasteiger partial charge in [-0.3, -0.25) is 9.36 Å². The summed E-state index contributed by atoms with van der Waals surface area (Å²) in [6.07, 6.45) is 4.58. The third-order valence-corrected chi connectivity index (χ3v) is 3.16. The zero-order valence-electron chi connectivity index (χ0n) is 9.24. The second-order valence-electron chi connectivity index (χ2n) is 4.25. The van der Waals surface area contributed by atoms with Gasteiger partial charge >= 0.3 is 5.69 Å². The van der Waals surface area contributed by atoms with Crippen molar-refractivity contribution in [3.8, 4) is 0 Å². The van der Waals surface area contributed by atoms with E-state index in [1.54, 1.807) is 0 Å². The number of piperidine rings is 1. The molecule has 1 aliphatic heterocycles. The third kappa shape index (κ3) is 2.61. The van der Waals surface area contributed by atoms with Crippen LogP contribution in [0.25, 0.3) is 0 Å². The molecule has 0 saturated carbocycles. The lowest BCUT2D eigenvalue weighted by atomic mass is 9.95. The van der Waals surface area contributed by atoms with E-state index in [0.717, 1.165) is 32.4 Å². The lowest BCUT2D eigenvalue weighted by Gasteiger charge is -2.22. The number of aromatic nitrogens is 2. The molecular weight excluding hydrogens is 206 g/mol. The summed E-state index contributed by atoms with van der Waals surface area (Å²) in [5.74, 6) is 0.632. The maximum Gasteiger partial charge on any atom is 0.328 e. The Balaban J connectivity index is 1.99. The molecule has 5 nitrogen and oxygen atoms in total. The fourth-order valence-electron chi connectivity index (χ4n) is 2.15. The Morgan fingerprint density at radius 1 is 1.31 bits per heavy atom. The Bertz CT molecular complexity index is 415. The molecule has 0 radical (unpaired) electrons. The molecule has 0 aliphatic carbocycles. The van der Waals surface area contributed by atoms with Crippen LogP contribution in [0.2, 0.25) is 0 Å². The summed E-state index contributed by atoms with van der Waals surface area (Å²) in [6, 6.07) is 1.39. The van der Waals surface area contributed by atoms with Gasteiger partial charge in [-0.2, -0.15) is 0 Å². The molecule has 5 heteroatoms. The van der Waals surface area contributed by atoms with Crippen LogP contribution in [-0.2, 0) is 6.54 Å². The van der Waals surface area contributed by atoms with Crippen LogP contribution in [0.1, 0.15) is 19.3 Å².